The Balaban J connectivity index is 1.89. The molecule has 0 atom stereocenters. The van der Waals surface area contributed by atoms with Crippen molar-refractivity contribution in [3.8, 4) is 11.8 Å². The van der Waals surface area contributed by atoms with Gasteiger partial charge in [0.1, 0.15) is 18.1 Å². The lowest BCUT2D eigenvalue weighted by Crippen LogP contribution is -2.17. The average Bonchev–Trinajstić information content (AvgIpc) is 2.74. The molecule has 1 saturated carbocycles. The molecule has 112 valence electrons. The van der Waals surface area contributed by atoms with Gasteiger partial charge in [-0.3, -0.25) is 4.79 Å². The highest BCUT2D eigenvalue weighted by Crippen LogP contribution is 2.25. The third-order valence-corrected chi connectivity index (χ3v) is 3.76. The topological polar surface area (TPSA) is 62.2 Å². The first kappa shape index (κ1) is 15.5. The number of nitrogens with one attached hydrogen (secondary N) is 1. The molecule has 1 aromatic heterocycles. The highest BCUT2D eigenvalue weighted by Gasteiger charge is 2.16. The van der Waals surface area contributed by atoms with Crippen LogP contribution in [0.5, 0.6) is 0 Å². The van der Waals surface area contributed by atoms with Gasteiger partial charge in [-0.2, -0.15) is 0 Å². The maximum atomic E-state index is 12.1. The normalized spacial score (nSPS) is 15.7. The fourth-order valence-electron chi connectivity index (χ4n) is 2.73. The highest BCUT2D eigenvalue weighted by atomic mass is 16.2. The molecule has 0 aliphatic heterocycles. The molecule has 2 rings (SSSR count). The van der Waals surface area contributed by atoms with Crippen molar-refractivity contribution in [3.63, 3.8) is 0 Å². The Hall–Kier alpha value is -1.86. The van der Waals surface area contributed by atoms with Crippen molar-refractivity contribution in [2.75, 3.05) is 11.9 Å². The zero-order chi connectivity index (χ0) is 14.9. The molecule has 1 aromatic rings. The van der Waals surface area contributed by atoms with Crippen LogP contribution >= 0.6 is 0 Å². The number of hydrogen-bond acceptors (Lipinski definition) is 3. The summed E-state index contributed by atoms with van der Waals surface area (Å²) in [4.78, 5) is 16.3. The number of rotatable bonds is 3. The molecule has 1 aliphatic carbocycles. The van der Waals surface area contributed by atoms with Crippen molar-refractivity contribution in [2.45, 2.75) is 44.9 Å². The number of carbonyl (C=O) groups is 1. The number of amides is 1. The molecule has 0 aromatic carbocycles. The molecule has 0 saturated heterocycles. The summed E-state index contributed by atoms with van der Waals surface area (Å²) in [5, 5.41) is 11.5. The minimum atomic E-state index is -0.194. The summed E-state index contributed by atoms with van der Waals surface area (Å²) in [5.74, 6) is 6.34. The summed E-state index contributed by atoms with van der Waals surface area (Å²) in [6, 6.07) is 5.31. The smallest absolute Gasteiger partial charge is 0.225 e. The Kier molecular flexibility index (Phi) is 6.23. The second-order valence-electron chi connectivity index (χ2n) is 5.48. The molecule has 0 bridgehead atoms. The van der Waals surface area contributed by atoms with E-state index in [9.17, 15) is 4.79 Å². The van der Waals surface area contributed by atoms with Gasteiger partial charge in [0, 0.05) is 6.42 Å². The molecule has 4 heteroatoms. The molecular weight excluding hydrogens is 264 g/mol. The van der Waals surface area contributed by atoms with E-state index in [0.717, 1.165) is 12.8 Å². The van der Waals surface area contributed by atoms with Crippen LogP contribution in [0.3, 0.4) is 0 Å². The minimum absolute atomic E-state index is 0.0293. The number of aliphatic hydroxyl groups is 1. The molecule has 1 amide bonds. The fourth-order valence-corrected chi connectivity index (χ4v) is 2.73. The van der Waals surface area contributed by atoms with E-state index in [0.29, 0.717) is 23.9 Å². The van der Waals surface area contributed by atoms with Gasteiger partial charge >= 0.3 is 0 Å². The van der Waals surface area contributed by atoms with E-state index >= 15 is 0 Å². The van der Waals surface area contributed by atoms with E-state index < -0.39 is 0 Å². The zero-order valence-electron chi connectivity index (χ0n) is 12.3. The minimum Gasteiger partial charge on any atom is -0.384 e. The molecule has 21 heavy (non-hydrogen) atoms. The van der Waals surface area contributed by atoms with Gasteiger partial charge in [-0.25, -0.2) is 4.98 Å². The average molecular weight is 286 g/mol. The van der Waals surface area contributed by atoms with Crippen LogP contribution in [0.15, 0.2) is 18.2 Å². The van der Waals surface area contributed by atoms with Crippen molar-refractivity contribution in [2.24, 2.45) is 5.92 Å². The van der Waals surface area contributed by atoms with Crippen LogP contribution in [0.4, 0.5) is 5.82 Å². The van der Waals surface area contributed by atoms with Gasteiger partial charge in [-0.15, -0.1) is 0 Å². The number of aliphatic hydroxyl groups excluding tert-OH is 1. The van der Waals surface area contributed by atoms with E-state index in [1.54, 1.807) is 18.2 Å². The van der Waals surface area contributed by atoms with Crippen LogP contribution in [0, 0.1) is 17.8 Å². The first-order valence-electron chi connectivity index (χ1n) is 7.64. The van der Waals surface area contributed by atoms with Gasteiger partial charge in [-0.05, 0) is 36.8 Å². The van der Waals surface area contributed by atoms with E-state index in [1.165, 1.54) is 25.7 Å². The third-order valence-electron chi connectivity index (χ3n) is 3.76. The fraction of sp³-hybridized carbons (Fsp3) is 0.529. The lowest BCUT2D eigenvalue weighted by Gasteiger charge is -2.13. The van der Waals surface area contributed by atoms with Crippen LogP contribution < -0.4 is 5.32 Å². The second-order valence-corrected chi connectivity index (χ2v) is 5.48. The monoisotopic (exact) mass is 286 g/mol. The van der Waals surface area contributed by atoms with E-state index in [4.69, 9.17) is 5.11 Å². The van der Waals surface area contributed by atoms with Crippen LogP contribution in [0.1, 0.15) is 50.6 Å². The predicted molar refractivity (Wildman–Crippen MR) is 82.6 cm³/mol. The standard InChI is InChI=1S/C17H22N2O2/c20-12-6-10-15-9-5-11-16(18-15)19-17(21)13-14-7-3-1-2-4-8-14/h5,9,11,14,20H,1-4,7-8,12-13H2,(H,18,19,21). The maximum Gasteiger partial charge on any atom is 0.225 e. The summed E-state index contributed by atoms with van der Waals surface area (Å²) in [6.45, 7) is -0.194. The molecule has 1 fully saturated rings. The van der Waals surface area contributed by atoms with Gasteiger partial charge in [0.15, 0.2) is 0 Å². The van der Waals surface area contributed by atoms with Crippen LogP contribution in [-0.2, 0) is 4.79 Å². The highest BCUT2D eigenvalue weighted by molar-refractivity contribution is 5.89. The van der Waals surface area contributed by atoms with Gasteiger partial charge < -0.3 is 10.4 Å². The summed E-state index contributed by atoms with van der Waals surface area (Å²) in [6.07, 6.45) is 7.96. The number of anilines is 1. The molecule has 2 N–H and O–H groups in total. The number of nitrogens with zero attached hydrogens (tertiary/aromatic N) is 1. The number of pyridine rings is 1. The largest absolute Gasteiger partial charge is 0.384 e. The maximum absolute atomic E-state index is 12.1. The Morgan fingerprint density at radius 1 is 1.29 bits per heavy atom. The van der Waals surface area contributed by atoms with E-state index in [2.05, 4.69) is 22.1 Å². The van der Waals surface area contributed by atoms with Crippen molar-refractivity contribution >= 4 is 11.7 Å². The van der Waals surface area contributed by atoms with Crippen molar-refractivity contribution < 1.29 is 9.90 Å². The van der Waals surface area contributed by atoms with Gasteiger partial charge in [-0.1, -0.05) is 37.7 Å². The van der Waals surface area contributed by atoms with Gasteiger partial charge in [0.2, 0.25) is 5.91 Å². The van der Waals surface area contributed by atoms with E-state index in [1.807, 2.05) is 0 Å². The second kappa shape index (κ2) is 8.43. The zero-order valence-corrected chi connectivity index (χ0v) is 12.3. The van der Waals surface area contributed by atoms with Crippen LogP contribution in [0.25, 0.3) is 0 Å². The van der Waals surface area contributed by atoms with Crippen LogP contribution in [-0.4, -0.2) is 22.6 Å². The quantitative estimate of drug-likeness (QED) is 0.663. The lowest BCUT2D eigenvalue weighted by atomic mass is 9.96. The molecule has 1 aliphatic rings. The van der Waals surface area contributed by atoms with Gasteiger partial charge in [0.25, 0.3) is 0 Å². The first-order chi connectivity index (χ1) is 10.3. The number of carbonyl (C=O) groups excluding carboxylic acids is 1. The summed E-state index contributed by atoms with van der Waals surface area (Å²) in [5.41, 5.74) is 0.552. The number of aromatic nitrogens is 1. The summed E-state index contributed by atoms with van der Waals surface area (Å²) < 4.78 is 0. The van der Waals surface area contributed by atoms with E-state index in [-0.39, 0.29) is 12.5 Å². The molecule has 1 heterocycles. The molecule has 4 nitrogen and oxygen atoms in total. The van der Waals surface area contributed by atoms with Crippen LogP contribution in [0.2, 0.25) is 0 Å². The SMILES string of the molecule is O=C(CC1CCCCCC1)Nc1cccc(C#CCO)n1. The third kappa shape index (κ3) is 5.57. The summed E-state index contributed by atoms with van der Waals surface area (Å²) in [7, 11) is 0. The Labute approximate surface area is 126 Å². The Morgan fingerprint density at radius 2 is 2.05 bits per heavy atom. The Morgan fingerprint density at radius 3 is 2.76 bits per heavy atom. The predicted octanol–water partition coefficient (Wildman–Crippen LogP) is 2.72. The van der Waals surface area contributed by atoms with Crippen molar-refractivity contribution in [3.05, 3.63) is 23.9 Å². The lowest BCUT2D eigenvalue weighted by molar-refractivity contribution is -0.117. The molecular formula is C17H22N2O2. The molecule has 0 unspecified atom stereocenters. The Bertz CT molecular complexity index is 523. The molecule has 0 radical (unpaired) electrons. The summed E-state index contributed by atoms with van der Waals surface area (Å²) >= 11 is 0. The van der Waals surface area contributed by atoms with Gasteiger partial charge in [0.05, 0.1) is 0 Å². The number of hydrogen-bond donors (Lipinski definition) is 2. The van der Waals surface area contributed by atoms with Crippen molar-refractivity contribution in [1.29, 1.82) is 0 Å². The molecule has 0 spiro atoms. The first-order valence-corrected chi connectivity index (χ1v) is 7.64. The van der Waals surface area contributed by atoms with Crippen molar-refractivity contribution in [1.82, 2.24) is 4.98 Å².